The second-order valence-electron chi connectivity index (χ2n) is 5.46. The van der Waals surface area contributed by atoms with Gasteiger partial charge in [-0.1, -0.05) is 6.07 Å². The van der Waals surface area contributed by atoms with Gasteiger partial charge in [0.2, 0.25) is 0 Å². The summed E-state index contributed by atoms with van der Waals surface area (Å²) in [5.74, 6) is 0.929. The van der Waals surface area contributed by atoms with E-state index in [0.717, 1.165) is 31.6 Å². The van der Waals surface area contributed by atoms with E-state index in [-0.39, 0.29) is 0 Å². The van der Waals surface area contributed by atoms with Crippen molar-refractivity contribution in [1.82, 2.24) is 15.2 Å². The molecule has 2 unspecified atom stereocenters. The monoisotopic (exact) mass is 231 g/mol. The Bertz CT molecular complexity index is 361. The van der Waals surface area contributed by atoms with Crippen molar-refractivity contribution in [2.75, 3.05) is 13.1 Å². The summed E-state index contributed by atoms with van der Waals surface area (Å²) in [7, 11) is 0. The SMILES string of the molecule is CC1CN(Cc2ccccn2)C(C2CC2)CN1. The fourth-order valence-corrected chi connectivity index (χ4v) is 2.83. The lowest BCUT2D eigenvalue weighted by Gasteiger charge is -2.39. The van der Waals surface area contributed by atoms with Gasteiger partial charge in [0.15, 0.2) is 0 Å². The molecule has 0 aromatic carbocycles. The van der Waals surface area contributed by atoms with Crippen molar-refractivity contribution in [3.05, 3.63) is 30.1 Å². The van der Waals surface area contributed by atoms with E-state index in [1.165, 1.54) is 18.5 Å². The predicted octanol–water partition coefficient (Wildman–Crippen LogP) is 1.65. The Morgan fingerprint density at radius 2 is 2.29 bits per heavy atom. The summed E-state index contributed by atoms with van der Waals surface area (Å²) in [5.41, 5.74) is 1.20. The van der Waals surface area contributed by atoms with Crippen LogP contribution < -0.4 is 5.32 Å². The molecule has 0 bridgehead atoms. The first-order chi connectivity index (χ1) is 8.33. The highest BCUT2D eigenvalue weighted by Gasteiger charge is 2.37. The summed E-state index contributed by atoms with van der Waals surface area (Å²) in [6.45, 7) is 5.58. The van der Waals surface area contributed by atoms with Crippen LogP contribution in [0.3, 0.4) is 0 Å². The predicted molar refractivity (Wildman–Crippen MR) is 68.6 cm³/mol. The summed E-state index contributed by atoms with van der Waals surface area (Å²) in [5, 5.41) is 3.61. The zero-order chi connectivity index (χ0) is 11.7. The molecule has 0 spiro atoms. The number of nitrogens with one attached hydrogen (secondary N) is 1. The normalized spacial score (nSPS) is 30.4. The van der Waals surface area contributed by atoms with E-state index in [1.54, 1.807) is 0 Å². The second kappa shape index (κ2) is 4.75. The van der Waals surface area contributed by atoms with Gasteiger partial charge in [0.1, 0.15) is 0 Å². The fraction of sp³-hybridized carbons (Fsp3) is 0.643. The smallest absolute Gasteiger partial charge is 0.0544 e. The maximum atomic E-state index is 4.45. The van der Waals surface area contributed by atoms with Gasteiger partial charge < -0.3 is 5.32 Å². The Morgan fingerprint density at radius 3 is 3.00 bits per heavy atom. The fourth-order valence-electron chi connectivity index (χ4n) is 2.83. The molecule has 1 saturated carbocycles. The van der Waals surface area contributed by atoms with Crippen LogP contribution >= 0.6 is 0 Å². The molecule has 1 aromatic rings. The zero-order valence-corrected chi connectivity index (χ0v) is 10.5. The molecular weight excluding hydrogens is 210 g/mol. The lowest BCUT2D eigenvalue weighted by atomic mass is 10.1. The molecule has 1 aromatic heterocycles. The Labute approximate surface area is 103 Å². The molecule has 0 amide bonds. The van der Waals surface area contributed by atoms with E-state index in [4.69, 9.17) is 0 Å². The van der Waals surface area contributed by atoms with Gasteiger partial charge in [-0.3, -0.25) is 9.88 Å². The maximum Gasteiger partial charge on any atom is 0.0544 e. The number of hydrogen-bond acceptors (Lipinski definition) is 3. The molecule has 17 heavy (non-hydrogen) atoms. The van der Waals surface area contributed by atoms with Crippen molar-refractivity contribution in [2.24, 2.45) is 5.92 Å². The second-order valence-corrected chi connectivity index (χ2v) is 5.46. The first-order valence-corrected chi connectivity index (χ1v) is 6.70. The summed E-state index contributed by atoms with van der Waals surface area (Å²) >= 11 is 0. The van der Waals surface area contributed by atoms with Crippen molar-refractivity contribution < 1.29 is 0 Å². The minimum Gasteiger partial charge on any atom is -0.311 e. The zero-order valence-electron chi connectivity index (χ0n) is 10.5. The maximum absolute atomic E-state index is 4.45. The minimum atomic E-state index is 0.605. The summed E-state index contributed by atoms with van der Waals surface area (Å²) < 4.78 is 0. The average molecular weight is 231 g/mol. The van der Waals surface area contributed by atoms with E-state index in [9.17, 15) is 0 Å². The molecule has 92 valence electrons. The van der Waals surface area contributed by atoms with Crippen molar-refractivity contribution in [3.8, 4) is 0 Å². The number of rotatable bonds is 3. The van der Waals surface area contributed by atoms with Crippen LogP contribution in [0, 0.1) is 5.92 Å². The van der Waals surface area contributed by atoms with Crippen LogP contribution in [0.25, 0.3) is 0 Å². The van der Waals surface area contributed by atoms with Gasteiger partial charge in [-0.15, -0.1) is 0 Å². The molecular formula is C14H21N3. The minimum absolute atomic E-state index is 0.605. The van der Waals surface area contributed by atoms with Crippen molar-refractivity contribution in [2.45, 2.75) is 38.4 Å². The molecule has 1 aliphatic carbocycles. The van der Waals surface area contributed by atoms with Gasteiger partial charge in [0.25, 0.3) is 0 Å². The number of pyridine rings is 1. The van der Waals surface area contributed by atoms with Crippen LogP contribution in [0.4, 0.5) is 0 Å². The lowest BCUT2D eigenvalue weighted by molar-refractivity contribution is 0.111. The Kier molecular flexibility index (Phi) is 3.12. The summed E-state index contributed by atoms with van der Waals surface area (Å²) in [4.78, 5) is 7.08. The molecule has 3 nitrogen and oxygen atoms in total. The van der Waals surface area contributed by atoms with E-state index in [1.807, 2.05) is 12.3 Å². The topological polar surface area (TPSA) is 28.2 Å². The number of piperazine rings is 1. The third-order valence-electron chi connectivity index (χ3n) is 3.91. The van der Waals surface area contributed by atoms with E-state index >= 15 is 0 Å². The number of nitrogens with zero attached hydrogens (tertiary/aromatic N) is 2. The average Bonchev–Trinajstić information content (AvgIpc) is 3.15. The highest BCUT2D eigenvalue weighted by molar-refractivity contribution is 5.05. The van der Waals surface area contributed by atoms with Gasteiger partial charge >= 0.3 is 0 Å². The summed E-state index contributed by atoms with van der Waals surface area (Å²) in [6.07, 6.45) is 4.73. The van der Waals surface area contributed by atoms with E-state index in [0.29, 0.717) is 6.04 Å². The molecule has 3 heteroatoms. The van der Waals surface area contributed by atoms with Crippen LogP contribution in [-0.2, 0) is 6.54 Å². The molecule has 1 saturated heterocycles. The number of hydrogen-bond donors (Lipinski definition) is 1. The van der Waals surface area contributed by atoms with E-state index < -0.39 is 0 Å². The van der Waals surface area contributed by atoms with Crippen LogP contribution in [0.15, 0.2) is 24.4 Å². The standard InChI is InChI=1S/C14H21N3/c1-11-9-17(10-13-4-2-3-7-15-13)14(8-16-11)12-5-6-12/h2-4,7,11-12,14,16H,5-6,8-10H2,1H3. The Morgan fingerprint density at radius 1 is 1.41 bits per heavy atom. The summed E-state index contributed by atoms with van der Waals surface area (Å²) in [6, 6.07) is 7.54. The Hall–Kier alpha value is -0.930. The van der Waals surface area contributed by atoms with Gasteiger partial charge in [0.05, 0.1) is 5.69 Å². The largest absolute Gasteiger partial charge is 0.311 e. The van der Waals surface area contributed by atoms with Crippen molar-refractivity contribution >= 4 is 0 Å². The van der Waals surface area contributed by atoms with Crippen molar-refractivity contribution in [3.63, 3.8) is 0 Å². The molecule has 3 rings (SSSR count). The van der Waals surface area contributed by atoms with Gasteiger partial charge in [0, 0.05) is 37.9 Å². The first-order valence-electron chi connectivity index (χ1n) is 6.70. The number of aromatic nitrogens is 1. The third kappa shape index (κ3) is 2.67. The highest BCUT2D eigenvalue weighted by Crippen LogP contribution is 2.36. The van der Waals surface area contributed by atoms with Crippen LogP contribution in [-0.4, -0.2) is 35.1 Å². The molecule has 2 atom stereocenters. The Balaban J connectivity index is 1.69. The highest BCUT2D eigenvalue weighted by atomic mass is 15.2. The van der Waals surface area contributed by atoms with Gasteiger partial charge in [-0.25, -0.2) is 0 Å². The molecule has 2 heterocycles. The van der Waals surface area contributed by atoms with E-state index in [2.05, 4.69) is 34.3 Å². The quantitative estimate of drug-likeness (QED) is 0.857. The van der Waals surface area contributed by atoms with Crippen LogP contribution in [0.5, 0.6) is 0 Å². The first kappa shape index (κ1) is 11.2. The van der Waals surface area contributed by atoms with Crippen molar-refractivity contribution in [1.29, 1.82) is 0 Å². The lowest BCUT2D eigenvalue weighted by Crippen LogP contribution is -2.55. The molecule has 2 fully saturated rings. The van der Waals surface area contributed by atoms with Gasteiger partial charge in [-0.05, 0) is 37.8 Å². The van der Waals surface area contributed by atoms with Crippen LogP contribution in [0.1, 0.15) is 25.5 Å². The molecule has 0 radical (unpaired) electrons. The molecule has 2 aliphatic rings. The van der Waals surface area contributed by atoms with Crippen LogP contribution in [0.2, 0.25) is 0 Å². The third-order valence-corrected chi connectivity index (χ3v) is 3.91. The van der Waals surface area contributed by atoms with Gasteiger partial charge in [-0.2, -0.15) is 0 Å². The molecule has 1 aliphatic heterocycles. The molecule has 1 N–H and O–H groups in total.